The first-order chi connectivity index (χ1) is 7.13. The number of carbonyl (C=O) groups is 1. The molecule has 4 heteroatoms. The fourth-order valence-corrected chi connectivity index (χ4v) is 1.30. The standard InChI is InChI=1S/C11H17N3O/c1-9-5-4-6-10(13-9)8-14(3)11(15)7-12-2/h4-6,12H,7-8H2,1-3H3. The molecule has 82 valence electrons. The van der Waals surface area contributed by atoms with Gasteiger partial charge in [-0.1, -0.05) is 6.07 Å². The maximum Gasteiger partial charge on any atom is 0.236 e. The minimum Gasteiger partial charge on any atom is -0.339 e. The summed E-state index contributed by atoms with van der Waals surface area (Å²) in [7, 11) is 3.54. The Balaban J connectivity index is 2.58. The SMILES string of the molecule is CNCC(=O)N(C)Cc1cccc(C)n1. The minimum absolute atomic E-state index is 0.0702. The Morgan fingerprint density at radius 2 is 2.27 bits per heavy atom. The van der Waals surface area contributed by atoms with Crippen LogP contribution in [0.5, 0.6) is 0 Å². The monoisotopic (exact) mass is 207 g/mol. The second-order valence-corrected chi connectivity index (χ2v) is 3.55. The molecule has 0 fully saturated rings. The van der Waals surface area contributed by atoms with E-state index in [4.69, 9.17) is 0 Å². The van der Waals surface area contributed by atoms with Crippen LogP contribution < -0.4 is 5.32 Å². The third kappa shape index (κ3) is 3.67. The van der Waals surface area contributed by atoms with Crippen molar-refractivity contribution in [1.29, 1.82) is 0 Å². The van der Waals surface area contributed by atoms with Gasteiger partial charge in [0.15, 0.2) is 0 Å². The minimum atomic E-state index is 0.0702. The van der Waals surface area contributed by atoms with Crippen LogP contribution in [0.3, 0.4) is 0 Å². The van der Waals surface area contributed by atoms with Crippen molar-refractivity contribution in [3.63, 3.8) is 0 Å². The Bertz CT molecular complexity index is 338. The van der Waals surface area contributed by atoms with Crippen molar-refractivity contribution in [2.45, 2.75) is 13.5 Å². The van der Waals surface area contributed by atoms with E-state index in [1.165, 1.54) is 0 Å². The zero-order chi connectivity index (χ0) is 11.3. The first kappa shape index (κ1) is 11.7. The molecule has 1 aromatic rings. The number of amides is 1. The van der Waals surface area contributed by atoms with Gasteiger partial charge < -0.3 is 10.2 Å². The summed E-state index contributed by atoms with van der Waals surface area (Å²) in [5.41, 5.74) is 1.89. The zero-order valence-corrected chi connectivity index (χ0v) is 9.45. The molecular weight excluding hydrogens is 190 g/mol. The summed E-state index contributed by atoms with van der Waals surface area (Å²) in [5.74, 6) is 0.0702. The van der Waals surface area contributed by atoms with Gasteiger partial charge in [0.1, 0.15) is 0 Å². The van der Waals surface area contributed by atoms with Crippen molar-refractivity contribution in [2.75, 3.05) is 20.6 Å². The molecule has 0 bridgehead atoms. The molecule has 1 amide bonds. The lowest BCUT2D eigenvalue weighted by Crippen LogP contribution is -2.33. The molecule has 0 radical (unpaired) electrons. The summed E-state index contributed by atoms with van der Waals surface area (Å²) in [6, 6.07) is 5.82. The van der Waals surface area contributed by atoms with E-state index < -0.39 is 0 Å². The molecule has 4 nitrogen and oxygen atoms in total. The number of aromatic nitrogens is 1. The molecule has 1 heterocycles. The smallest absolute Gasteiger partial charge is 0.236 e. The van der Waals surface area contributed by atoms with E-state index in [0.717, 1.165) is 11.4 Å². The number of rotatable bonds is 4. The van der Waals surface area contributed by atoms with Crippen molar-refractivity contribution >= 4 is 5.91 Å². The van der Waals surface area contributed by atoms with Crippen LogP contribution in [0, 0.1) is 6.92 Å². The summed E-state index contributed by atoms with van der Waals surface area (Å²) in [6.07, 6.45) is 0. The van der Waals surface area contributed by atoms with Crippen LogP contribution in [0.4, 0.5) is 0 Å². The molecule has 0 saturated carbocycles. The van der Waals surface area contributed by atoms with E-state index in [-0.39, 0.29) is 5.91 Å². The van der Waals surface area contributed by atoms with Crippen LogP contribution in [0.25, 0.3) is 0 Å². The first-order valence-electron chi connectivity index (χ1n) is 4.94. The molecule has 0 aliphatic rings. The van der Waals surface area contributed by atoms with Gasteiger partial charge in [-0.2, -0.15) is 0 Å². The Kier molecular flexibility index (Phi) is 4.24. The molecule has 15 heavy (non-hydrogen) atoms. The molecular formula is C11H17N3O. The van der Waals surface area contributed by atoms with Gasteiger partial charge in [-0.05, 0) is 26.1 Å². The van der Waals surface area contributed by atoms with Gasteiger partial charge >= 0.3 is 0 Å². The average molecular weight is 207 g/mol. The van der Waals surface area contributed by atoms with Crippen molar-refractivity contribution in [3.05, 3.63) is 29.6 Å². The van der Waals surface area contributed by atoms with Crippen LogP contribution in [-0.4, -0.2) is 36.4 Å². The molecule has 0 spiro atoms. The summed E-state index contributed by atoms with van der Waals surface area (Å²) in [5, 5.41) is 2.83. The van der Waals surface area contributed by atoms with Crippen LogP contribution in [0.2, 0.25) is 0 Å². The molecule has 0 aliphatic carbocycles. The number of carbonyl (C=O) groups excluding carboxylic acids is 1. The Hall–Kier alpha value is -1.42. The van der Waals surface area contributed by atoms with Crippen LogP contribution in [-0.2, 0) is 11.3 Å². The summed E-state index contributed by atoms with van der Waals surface area (Å²) in [4.78, 5) is 17.5. The van der Waals surface area contributed by atoms with E-state index >= 15 is 0 Å². The highest BCUT2D eigenvalue weighted by molar-refractivity contribution is 5.77. The fraction of sp³-hybridized carbons (Fsp3) is 0.455. The summed E-state index contributed by atoms with van der Waals surface area (Å²) < 4.78 is 0. The molecule has 1 N–H and O–H groups in total. The molecule has 0 unspecified atom stereocenters. The van der Waals surface area contributed by atoms with Gasteiger partial charge in [-0.15, -0.1) is 0 Å². The second kappa shape index (κ2) is 5.46. The highest BCUT2D eigenvalue weighted by Crippen LogP contribution is 2.01. The molecule has 1 aromatic heterocycles. The number of pyridine rings is 1. The van der Waals surface area contributed by atoms with Crippen LogP contribution >= 0.6 is 0 Å². The molecule has 0 aliphatic heterocycles. The normalized spacial score (nSPS) is 10.1. The Morgan fingerprint density at radius 3 is 2.87 bits per heavy atom. The van der Waals surface area contributed by atoms with E-state index in [9.17, 15) is 4.79 Å². The van der Waals surface area contributed by atoms with E-state index in [1.54, 1.807) is 19.0 Å². The van der Waals surface area contributed by atoms with Gasteiger partial charge in [-0.3, -0.25) is 9.78 Å². The number of nitrogens with one attached hydrogen (secondary N) is 1. The van der Waals surface area contributed by atoms with Crippen molar-refractivity contribution in [1.82, 2.24) is 15.2 Å². The van der Waals surface area contributed by atoms with Crippen molar-refractivity contribution in [3.8, 4) is 0 Å². The lowest BCUT2D eigenvalue weighted by atomic mass is 10.3. The van der Waals surface area contributed by atoms with Gasteiger partial charge in [0.25, 0.3) is 0 Å². The number of aryl methyl sites for hydroxylation is 1. The van der Waals surface area contributed by atoms with Gasteiger partial charge in [0, 0.05) is 12.7 Å². The molecule has 0 aromatic carbocycles. The second-order valence-electron chi connectivity index (χ2n) is 3.55. The number of likely N-dealkylation sites (N-methyl/N-ethyl adjacent to an activating group) is 2. The van der Waals surface area contributed by atoms with E-state index in [2.05, 4.69) is 10.3 Å². The number of hydrogen-bond acceptors (Lipinski definition) is 3. The lowest BCUT2D eigenvalue weighted by Gasteiger charge is -2.16. The summed E-state index contributed by atoms with van der Waals surface area (Å²) in [6.45, 7) is 2.86. The quantitative estimate of drug-likeness (QED) is 0.785. The lowest BCUT2D eigenvalue weighted by molar-refractivity contribution is -0.129. The van der Waals surface area contributed by atoms with Crippen LogP contribution in [0.15, 0.2) is 18.2 Å². The number of hydrogen-bond donors (Lipinski definition) is 1. The Labute approximate surface area is 90.3 Å². The highest BCUT2D eigenvalue weighted by atomic mass is 16.2. The maximum absolute atomic E-state index is 11.5. The third-order valence-electron chi connectivity index (χ3n) is 2.10. The van der Waals surface area contributed by atoms with Gasteiger partial charge in [-0.25, -0.2) is 0 Å². The van der Waals surface area contributed by atoms with Gasteiger partial charge in [0.05, 0.1) is 18.8 Å². The number of nitrogens with zero attached hydrogens (tertiary/aromatic N) is 2. The molecule has 0 saturated heterocycles. The van der Waals surface area contributed by atoms with Crippen molar-refractivity contribution < 1.29 is 4.79 Å². The van der Waals surface area contributed by atoms with E-state index in [1.807, 2.05) is 25.1 Å². The predicted octanol–water partition coefficient (Wildman–Crippen LogP) is 0.568. The van der Waals surface area contributed by atoms with Crippen molar-refractivity contribution in [2.24, 2.45) is 0 Å². The Morgan fingerprint density at radius 1 is 1.53 bits per heavy atom. The third-order valence-corrected chi connectivity index (χ3v) is 2.10. The van der Waals surface area contributed by atoms with Gasteiger partial charge in [0.2, 0.25) is 5.91 Å². The van der Waals surface area contributed by atoms with Crippen LogP contribution in [0.1, 0.15) is 11.4 Å². The fourth-order valence-electron chi connectivity index (χ4n) is 1.30. The summed E-state index contributed by atoms with van der Waals surface area (Å²) >= 11 is 0. The predicted molar refractivity (Wildman–Crippen MR) is 59.4 cm³/mol. The molecule has 0 atom stereocenters. The largest absolute Gasteiger partial charge is 0.339 e. The zero-order valence-electron chi connectivity index (χ0n) is 9.45. The van der Waals surface area contributed by atoms with E-state index in [0.29, 0.717) is 13.1 Å². The highest BCUT2D eigenvalue weighted by Gasteiger charge is 2.08. The average Bonchev–Trinajstić information content (AvgIpc) is 2.18. The topological polar surface area (TPSA) is 45.2 Å². The molecule has 1 rings (SSSR count). The maximum atomic E-state index is 11.5. The first-order valence-corrected chi connectivity index (χ1v) is 4.94.